The number of fused-ring (bicyclic) bond motifs is 1. The summed E-state index contributed by atoms with van der Waals surface area (Å²) in [6.07, 6.45) is 0.630. The summed E-state index contributed by atoms with van der Waals surface area (Å²) in [6, 6.07) is 18.4. The molecule has 0 radical (unpaired) electrons. The number of carbonyl (C=O) groups is 1. The van der Waals surface area contributed by atoms with Crippen LogP contribution in [0.4, 0.5) is 0 Å². The highest BCUT2D eigenvalue weighted by Crippen LogP contribution is 2.20. The summed E-state index contributed by atoms with van der Waals surface area (Å²) < 4.78 is 13.3. The number of carbonyl (C=O) groups excluding carboxylic acids is 1. The van der Waals surface area contributed by atoms with Gasteiger partial charge in [0.25, 0.3) is 5.91 Å². The van der Waals surface area contributed by atoms with Crippen molar-refractivity contribution in [3.63, 3.8) is 0 Å². The smallest absolute Gasteiger partial charge is 0.274 e. The Labute approximate surface area is 170 Å². The van der Waals surface area contributed by atoms with Crippen LogP contribution in [0.15, 0.2) is 54.6 Å². The van der Waals surface area contributed by atoms with Crippen LogP contribution in [0.2, 0.25) is 0 Å². The van der Waals surface area contributed by atoms with E-state index < -0.39 is 11.5 Å². The van der Waals surface area contributed by atoms with Crippen molar-refractivity contribution in [3.05, 3.63) is 65.9 Å². The van der Waals surface area contributed by atoms with Crippen LogP contribution in [0.5, 0.6) is 0 Å². The number of aromatic nitrogens is 2. The van der Waals surface area contributed by atoms with Gasteiger partial charge in [-0.3, -0.25) is 14.7 Å². The van der Waals surface area contributed by atoms with Crippen LogP contribution < -0.4 is 5.48 Å². The maximum atomic E-state index is 11.5. The Morgan fingerprint density at radius 1 is 1.10 bits per heavy atom. The van der Waals surface area contributed by atoms with Crippen molar-refractivity contribution < 1.29 is 19.5 Å². The molecule has 0 atom stereocenters. The van der Waals surface area contributed by atoms with Gasteiger partial charge in [0.1, 0.15) is 5.60 Å². The van der Waals surface area contributed by atoms with Crippen LogP contribution in [0, 0.1) is 0 Å². The lowest BCUT2D eigenvalue weighted by atomic mass is 10.1. The predicted octanol–water partition coefficient (Wildman–Crippen LogP) is 3.29. The SMILES string of the molecule is CC(C)(OCCCOCc1nn(Cc2ccccc2)c2ccccc12)C(=O)NO. The molecule has 0 saturated carbocycles. The summed E-state index contributed by atoms with van der Waals surface area (Å²) in [7, 11) is 0. The molecule has 0 fully saturated rings. The molecule has 2 aromatic carbocycles. The Morgan fingerprint density at radius 3 is 2.59 bits per heavy atom. The fraction of sp³-hybridized carbons (Fsp3) is 0.364. The molecule has 154 valence electrons. The Hall–Kier alpha value is -2.74. The van der Waals surface area contributed by atoms with Gasteiger partial charge in [-0.25, -0.2) is 5.48 Å². The highest BCUT2D eigenvalue weighted by atomic mass is 16.5. The quantitative estimate of drug-likeness (QED) is 0.311. The summed E-state index contributed by atoms with van der Waals surface area (Å²) in [5.41, 5.74) is 3.70. The van der Waals surface area contributed by atoms with E-state index in [1.165, 1.54) is 5.56 Å². The molecule has 7 heteroatoms. The highest BCUT2D eigenvalue weighted by molar-refractivity contribution is 5.83. The summed E-state index contributed by atoms with van der Waals surface area (Å²) in [5.74, 6) is -0.575. The number of hydrogen-bond acceptors (Lipinski definition) is 5. The average molecular weight is 397 g/mol. The van der Waals surface area contributed by atoms with Crippen molar-refractivity contribution in [3.8, 4) is 0 Å². The fourth-order valence-electron chi connectivity index (χ4n) is 3.04. The van der Waals surface area contributed by atoms with Gasteiger partial charge in [0, 0.05) is 12.0 Å². The van der Waals surface area contributed by atoms with Gasteiger partial charge in [0.05, 0.1) is 31.0 Å². The molecule has 0 aliphatic carbocycles. The van der Waals surface area contributed by atoms with Gasteiger partial charge in [-0.2, -0.15) is 5.10 Å². The van der Waals surface area contributed by atoms with Crippen LogP contribution in [-0.4, -0.2) is 39.7 Å². The van der Waals surface area contributed by atoms with E-state index in [1.807, 2.05) is 35.0 Å². The second-order valence-electron chi connectivity index (χ2n) is 7.31. The maximum absolute atomic E-state index is 11.5. The maximum Gasteiger partial charge on any atom is 0.274 e. The number of para-hydroxylation sites is 1. The Kier molecular flexibility index (Phi) is 6.98. The summed E-state index contributed by atoms with van der Waals surface area (Å²) in [4.78, 5) is 11.5. The molecule has 0 aliphatic heterocycles. The Morgan fingerprint density at radius 2 is 1.83 bits per heavy atom. The van der Waals surface area contributed by atoms with Crippen LogP contribution in [0.1, 0.15) is 31.5 Å². The number of benzene rings is 2. The first-order valence-corrected chi connectivity index (χ1v) is 9.66. The van der Waals surface area contributed by atoms with E-state index in [1.54, 1.807) is 19.3 Å². The minimum absolute atomic E-state index is 0.351. The van der Waals surface area contributed by atoms with Gasteiger partial charge in [-0.05, 0) is 31.9 Å². The normalized spacial score (nSPS) is 11.7. The number of rotatable bonds is 10. The molecule has 7 nitrogen and oxygen atoms in total. The molecule has 0 unspecified atom stereocenters. The second kappa shape index (κ2) is 9.65. The van der Waals surface area contributed by atoms with Crippen LogP contribution in [-0.2, 0) is 27.4 Å². The van der Waals surface area contributed by atoms with E-state index in [0.29, 0.717) is 32.8 Å². The minimum Gasteiger partial charge on any atom is -0.375 e. The third-order valence-corrected chi connectivity index (χ3v) is 4.69. The zero-order valence-corrected chi connectivity index (χ0v) is 16.8. The Balaban J connectivity index is 1.55. The van der Waals surface area contributed by atoms with E-state index in [-0.39, 0.29) is 0 Å². The Bertz CT molecular complexity index is 938. The fourth-order valence-corrected chi connectivity index (χ4v) is 3.04. The number of amides is 1. The summed E-state index contributed by atoms with van der Waals surface area (Å²) >= 11 is 0. The van der Waals surface area contributed by atoms with Crippen molar-refractivity contribution in [2.45, 2.75) is 39.0 Å². The molecule has 1 amide bonds. The lowest BCUT2D eigenvalue weighted by Gasteiger charge is -2.22. The molecule has 1 aromatic heterocycles. The zero-order chi connectivity index (χ0) is 20.7. The standard InChI is InChI=1S/C22H27N3O4/c1-22(2,21(26)24-27)29-14-8-13-28-16-19-18-11-6-7-12-20(18)25(23-19)15-17-9-4-3-5-10-17/h3-7,9-12,27H,8,13-16H2,1-2H3,(H,24,26). The first-order chi connectivity index (χ1) is 14.0. The van der Waals surface area contributed by atoms with E-state index >= 15 is 0 Å². The first kappa shape index (κ1) is 21.0. The lowest BCUT2D eigenvalue weighted by molar-refractivity contribution is -0.152. The highest BCUT2D eigenvalue weighted by Gasteiger charge is 2.27. The monoisotopic (exact) mass is 397 g/mol. The third kappa shape index (κ3) is 5.41. The van der Waals surface area contributed by atoms with Gasteiger partial charge >= 0.3 is 0 Å². The average Bonchev–Trinajstić information content (AvgIpc) is 3.08. The third-order valence-electron chi connectivity index (χ3n) is 4.69. The van der Waals surface area contributed by atoms with Crippen molar-refractivity contribution in [1.29, 1.82) is 0 Å². The van der Waals surface area contributed by atoms with Crippen molar-refractivity contribution in [2.24, 2.45) is 0 Å². The van der Waals surface area contributed by atoms with Gasteiger partial charge in [-0.1, -0.05) is 48.5 Å². The van der Waals surface area contributed by atoms with Crippen LogP contribution in [0.25, 0.3) is 10.9 Å². The minimum atomic E-state index is -1.08. The van der Waals surface area contributed by atoms with Crippen molar-refractivity contribution in [2.75, 3.05) is 13.2 Å². The van der Waals surface area contributed by atoms with Crippen LogP contribution in [0.3, 0.4) is 0 Å². The predicted molar refractivity (Wildman–Crippen MR) is 110 cm³/mol. The van der Waals surface area contributed by atoms with Gasteiger partial charge in [0.2, 0.25) is 0 Å². The summed E-state index contributed by atoms with van der Waals surface area (Å²) in [5, 5.41) is 14.5. The van der Waals surface area contributed by atoms with E-state index in [2.05, 4.69) is 24.3 Å². The number of nitrogens with zero attached hydrogens (tertiary/aromatic N) is 2. The zero-order valence-electron chi connectivity index (χ0n) is 16.8. The van der Waals surface area contributed by atoms with Gasteiger partial charge in [0.15, 0.2) is 0 Å². The van der Waals surface area contributed by atoms with Gasteiger partial charge in [-0.15, -0.1) is 0 Å². The summed E-state index contributed by atoms with van der Waals surface area (Å²) in [6.45, 7) is 5.15. The topological polar surface area (TPSA) is 85.6 Å². The number of nitrogens with one attached hydrogen (secondary N) is 1. The molecule has 0 bridgehead atoms. The number of ether oxygens (including phenoxy) is 2. The number of hydrogen-bond donors (Lipinski definition) is 2. The van der Waals surface area contributed by atoms with E-state index in [9.17, 15) is 4.79 Å². The molecule has 2 N–H and O–H groups in total. The molecule has 29 heavy (non-hydrogen) atoms. The molecule has 3 aromatic rings. The number of hydroxylamine groups is 1. The molecule has 3 rings (SSSR count). The van der Waals surface area contributed by atoms with Gasteiger partial charge < -0.3 is 9.47 Å². The van der Waals surface area contributed by atoms with Crippen molar-refractivity contribution in [1.82, 2.24) is 15.3 Å². The molecule has 0 aliphatic rings. The first-order valence-electron chi connectivity index (χ1n) is 9.66. The molecule has 0 spiro atoms. The van der Waals surface area contributed by atoms with E-state index in [4.69, 9.17) is 19.8 Å². The molecular formula is C22H27N3O4. The second-order valence-corrected chi connectivity index (χ2v) is 7.31. The molecule has 0 saturated heterocycles. The van der Waals surface area contributed by atoms with Crippen molar-refractivity contribution >= 4 is 16.8 Å². The van der Waals surface area contributed by atoms with Crippen LogP contribution >= 0.6 is 0 Å². The molecule has 1 heterocycles. The molecular weight excluding hydrogens is 370 g/mol. The largest absolute Gasteiger partial charge is 0.375 e. The van der Waals surface area contributed by atoms with E-state index in [0.717, 1.165) is 16.6 Å². The lowest BCUT2D eigenvalue weighted by Crippen LogP contribution is -2.43.